The van der Waals surface area contributed by atoms with Crippen LogP contribution in [0.2, 0.25) is 0 Å². The van der Waals surface area contributed by atoms with E-state index in [1.54, 1.807) is 19.2 Å². The van der Waals surface area contributed by atoms with Crippen molar-refractivity contribution in [1.82, 2.24) is 34.9 Å². The molecule has 1 saturated carbocycles. The molecule has 4 aromatic rings. The van der Waals surface area contributed by atoms with E-state index in [2.05, 4.69) is 39.1 Å². The molecule has 6 rings (SSSR count). The number of benzene rings is 1. The quantitative estimate of drug-likeness (QED) is 0.479. The monoisotopic (exact) mass is 475 g/mol. The van der Waals surface area contributed by atoms with Crippen molar-refractivity contribution in [1.29, 1.82) is 0 Å². The summed E-state index contributed by atoms with van der Waals surface area (Å²) in [5.74, 6) is 0.0160. The number of rotatable bonds is 4. The van der Waals surface area contributed by atoms with Gasteiger partial charge >= 0.3 is 0 Å². The van der Waals surface area contributed by atoms with Crippen molar-refractivity contribution in [3.63, 3.8) is 0 Å². The number of nitrogens with zero attached hydrogens (tertiary/aromatic N) is 7. The number of aromatic nitrogens is 7. The van der Waals surface area contributed by atoms with Crippen LogP contribution in [0.15, 0.2) is 36.5 Å². The van der Waals surface area contributed by atoms with E-state index < -0.39 is 17.0 Å². The van der Waals surface area contributed by atoms with E-state index in [-0.39, 0.29) is 29.2 Å². The highest BCUT2D eigenvalue weighted by Crippen LogP contribution is 2.69. The van der Waals surface area contributed by atoms with Gasteiger partial charge in [0.05, 0.1) is 28.1 Å². The summed E-state index contributed by atoms with van der Waals surface area (Å²) in [5, 5.41) is 22.6. The van der Waals surface area contributed by atoms with Crippen molar-refractivity contribution < 1.29 is 13.9 Å². The number of fused-ring (bicyclic) bond motifs is 5. The minimum Gasteiger partial charge on any atom is -0.388 e. The Hall–Kier alpha value is -3.66. The first kappa shape index (κ1) is 21.8. The van der Waals surface area contributed by atoms with Gasteiger partial charge in [0, 0.05) is 6.20 Å². The molecule has 3 aromatic heterocycles. The first-order chi connectivity index (χ1) is 16.8. The molecule has 0 unspecified atom stereocenters. The van der Waals surface area contributed by atoms with E-state index >= 15 is 0 Å². The second-order valence-corrected chi connectivity index (χ2v) is 9.74. The van der Waals surface area contributed by atoms with Crippen LogP contribution >= 0.6 is 0 Å². The van der Waals surface area contributed by atoms with E-state index in [1.165, 1.54) is 22.9 Å². The Morgan fingerprint density at radius 2 is 1.89 bits per heavy atom. The predicted octanol–water partition coefficient (Wildman–Crippen LogP) is 3.80. The molecular weight excluding hydrogens is 452 g/mol. The molecule has 2 atom stereocenters. The largest absolute Gasteiger partial charge is 0.388 e. The number of aryl methyl sites for hydroxylation is 1. The van der Waals surface area contributed by atoms with Gasteiger partial charge in [-0.05, 0) is 60.9 Å². The summed E-state index contributed by atoms with van der Waals surface area (Å²) < 4.78 is 30.5. The molecule has 0 radical (unpaired) electrons. The molecule has 0 spiro atoms. The van der Waals surface area contributed by atoms with E-state index in [1.807, 2.05) is 6.07 Å². The lowest BCUT2D eigenvalue weighted by atomic mass is 9.66. The zero-order chi connectivity index (χ0) is 24.5. The number of halogens is 2. The Kier molecular flexibility index (Phi) is 4.63. The summed E-state index contributed by atoms with van der Waals surface area (Å²) in [7, 11) is 0. The van der Waals surface area contributed by atoms with Crippen molar-refractivity contribution in [2.45, 2.75) is 51.6 Å². The molecule has 0 amide bonds. The van der Waals surface area contributed by atoms with Crippen LogP contribution in [0.3, 0.4) is 0 Å². The van der Waals surface area contributed by atoms with Crippen LogP contribution in [0.1, 0.15) is 61.2 Å². The topological polar surface area (TPSA) is 102 Å². The average Bonchev–Trinajstić information content (AvgIpc) is 3.42. The van der Waals surface area contributed by atoms with Crippen LogP contribution in [0.25, 0.3) is 17.2 Å². The van der Waals surface area contributed by atoms with Crippen molar-refractivity contribution in [3.05, 3.63) is 76.8 Å². The van der Waals surface area contributed by atoms with Gasteiger partial charge in [0.15, 0.2) is 5.82 Å². The van der Waals surface area contributed by atoms with Crippen LogP contribution in [0.5, 0.6) is 0 Å². The normalized spacial score (nSPS) is 21.9. The van der Waals surface area contributed by atoms with Crippen LogP contribution in [0.4, 0.5) is 8.78 Å². The summed E-state index contributed by atoms with van der Waals surface area (Å²) >= 11 is 0. The minimum absolute atomic E-state index is 0.133. The Morgan fingerprint density at radius 3 is 2.60 bits per heavy atom. The third-order valence-electron chi connectivity index (χ3n) is 7.82. The van der Waals surface area contributed by atoms with Gasteiger partial charge in [-0.2, -0.15) is 9.78 Å². The van der Waals surface area contributed by atoms with Gasteiger partial charge in [0.25, 0.3) is 5.95 Å². The van der Waals surface area contributed by atoms with E-state index in [0.29, 0.717) is 17.6 Å². The Labute approximate surface area is 200 Å². The maximum Gasteiger partial charge on any atom is 0.252 e. The van der Waals surface area contributed by atoms with Gasteiger partial charge in [-0.3, -0.25) is 0 Å². The Bertz CT molecular complexity index is 1460. The van der Waals surface area contributed by atoms with Gasteiger partial charge < -0.3 is 5.11 Å². The summed E-state index contributed by atoms with van der Waals surface area (Å²) in [4.78, 5) is 13.5. The van der Waals surface area contributed by atoms with Crippen LogP contribution in [-0.2, 0) is 12.0 Å². The number of aliphatic hydroxyl groups excluding tert-OH is 1. The fourth-order valence-corrected chi connectivity index (χ4v) is 6.15. The van der Waals surface area contributed by atoms with Crippen molar-refractivity contribution in [2.75, 3.05) is 0 Å². The smallest absolute Gasteiger partial charge is 0.252 e. The van der Waals surface area contributed by atoms with Crippen molar-refractivity contribution in [3.8, 4) is 17.2 Å². The minimum atomic E-state index is -0.665. The van der Waals surface area contributed by atoms with Crippen molar-refractivity contribution >= 4 is 0 Å². The molecule has 1 aromatic carbocycles. The molecule has 3 heterocycles. The molecule has 0 saturated heterocycles. The third-order valence-corrected chi connectivity index (χ3v) is 7.82. The van der Waals surface area contributed by atoms with Crippen LogP contribution < -0.4 is 0 Å². The van der Waals surface area contributed by atoms with Gasteiger partial charge in [0.1, 0.15) is 24.1 Å². The lowest BCUT2D eigenvalue weighted by molar-refractivity contribution is 0.242. The number of aliphatic hydroxyl groups is 1. The first-order valence-electron chi connectivity index (χ1n) is 11.5. The summed E-state index contributed by atoms with van der Waals surface area (Å²) in [6.07, 6.45) is 3.39. The lowest BCUT2D eigenvalue weighted by Gasteiger charge is -2.37. The maximum absolute atomic E-state index is 14.5. The lowest BCUT2D eigenvalue weighted by Crippen LogP contribution is -2.38. The maximum atomic E-state index is 14.5. The summed E-state index contributed by atoms with van der Waals surface area (Å²) in [5.41, 5.74) is 1.74. The van der Waals surface area contributed by atoms with Gasteiger partial charge in [-0.15, -0.1) is 10.2 Å². The third kappa shape index (κ3) is 2.86. The molecule has 35 heavy (non-hydrogen) atoms. The summed E-state index contributed by atoms with van der Waals surface area (Å²) in [6, 6.07) is 7.45. The predicted molar refractivity (Wildman–Crippen MR) is 122 cm³/mol. The number of hydrogen-bond acceptors (Lipinski definition) is 7. The molecule has 10 heteroatoms. The fraction of sp³-hybridized carbons (Fsp3) is 0.360. The standard InChI is InChI=1S/C25H23F2N7O/c1-13-29-20(12-35)33-34(13)23-28-10-8-19(30-23)25-9-7-15(24(25,2)3)14-11-18(31-32-22(14)25)21-16(26)5-4-6-17(21)27/h4-6,8,10-11,15,35H,7,9,12H2,1-3H3/t15-,25+/m0/s1. The molecule has 2 aliphatic carbocycles. The molecule has 2 aliphatic rings. The molecule has 178 valence electrons. The number of hydrogen-bond donors (Lipinski definition) is 1. The van der Waals surface area contributed by atoms with Crippen LogP contribution in [0, 0.1) is 24.0 Å². The van der Waals surface area contributed by atoms with Crippen LogP contribution in [-0.4, -0.2) is 40.0 Å². The SMILES string of the molecule is Cc1nc(CO)nn1-c1nccc([C@]23CC[C@@H](c4cc(-c5c(F)cccc5F)nnc42)C3(C)C)n1. The van der Waals surface area contributed by atoms with E-state index in [0.717, 1.165) is 29.8 Å². The molecule has 2 bridgehead atoms. The second kappa shape index (κ2) is 7.42. The highest BCUT2D eigenvalue weighted by Gasteiger charge is 2.65. The average molecular weight is 476 g/mol. The molecule has 8 nitrogen and oxygen atoms in total. The zero-order valence-electron chi connectivity index (χ0n) is 19.5. The highest BCUT2D eigenvalue weighted by molar-refractivity contribution is 5.64. The summed E-state index contributed by atoms with van der Waals surface area (Å²) in [6.45, 7) is 5.86. The zero-order valence-corrected chi connectivity index (χ0v) is 19.5. The van der Waals surface area contributed by atoms with E-state index in [9.17, 15) is 13.9 Å². The van der Waals surface area contributed by atoms with Gasteiger partial charge in [0.2, 0.25) is 0 Å². The Balaban J connectivity index is 1.51. The second-order valence-electron chi connectivity index (χ2n) is 9.74. The molecular formula is C25H23F2N7O. The van der Waals surface area contributed by atoms with Gasteiger partial charge in [-0.25, -0.2) is 23.7 Å². The fourth-order valence-electron chi connectivity index (χ4n) is 6.15. The molecule has 1 N–H and O–H groups in total. The van der Waals surface area contributed by atoms with Gasteiger partial charge in [-0.1, -0.05) is 19.9 Å². The molecule has 0 aliphatic heterocycles. The van der Waals surface area contributed by atoms with E-state index in [4.69, 9.17) is 4.98 Å². The highest BCUT2D eigenvalue weighted by atomic mass is 19.1. The van der Waals surface area contributed by atoms with Crippen molar-refractivity contribution in [2.24, 2.45) is 5.41 Å². The Morgan fingerprint density at radius 1 is 1.11 bits per heavy atom. The molecule has 1 fully saturated rings. The first-order valence-corrected chi connectivity index (χ1v) is 11.5.